The first-order chi connectivity index (χ1) is 26.8. The fourth-order valence-electron chi connectivity index (χ4n) is 9.37. The summed E-state index contributed by atoms with van der Waals surface area (Å²) in [4.78, 5) is 11.1. The second kappa shape index (κ2) is 10.4. The van der Waals surface area contributed by atoms with E-state index in [1.54, 1.807) is 11.3 Å². The zero-order valence-electron chi connectivity index (χ0n) is 28.8. The van der Waals surface area contributed by atoms with Gasteiger partial charge in [0.2, 0.25) is 5.95 Å². The highest BCUT2D eigenvalue weighted by Crippen LogP contribution is 2.49. The van der Waals surface area contributed by atoms with E-state index in [1.807, 2.05) is 0 Å². The Balaban J connectivity index is 1.18. The molecule has 0 saturated carbocycles. The Labute approximate surface area is 313 Å². The number of allylic oxidation sites excluding steroid dienone is 2. The molecule has 2 unspecified atom stereocenters. The van der Waals surface area contributed by atoms with Crippen LogP contribution >= 0.6 is 11.3 Å². The van der Waals surface area contributed by atoms with Crippen molar-refractivity contribution in [3.8, 4) is 17.2 Å². The quantitative estimate of drug-likeness (QED) is 0.188. The molecule has 0 radical (unpaired) electrons. The van der Waals surface area contributed by atoms with E-state index >= 15 is 0 Å². The molecule has 0 spiro atoms. The van der Waals surface area contributed by atoms with Gasteiger partial charge in [0.25, 0.3) is 0 Å². The highest BCUT2D eigenvalue weighted by molar-refractivity contribution is 7.26. The molecule has 3 aromatic heterocycles. The molecule has 2 N–H and O–H groups in total. The molecule has 54 heavy (non-hydrogen) atoms. The van der Waals surface area contributed by atoms with Crippen LogP contribution in [0.2, 0.25) is 0 Å². The maximum atomic E-state index is 5.59. The average Bonchev–Trinajstić information content (AvgIpc) is 3.88. The van der Waals surface area contributed by atoms with Gasteiger partial charge in [-0.15, -0.1) is 11.3 Å². The van der Waals surface area contributed by atoms with Gasteiger partial charge >= 0.3 is 0 Å². The normalized spacial score (nSPS) is 17.3. The van der Waals surface area contributed by atoms with Gasteiger partial charge in [-0.3, -0.25) is 4.57 Å². The van der Waals surface area contributed by atoms with E-state index in [0.29, 0.717) is 5.95 Å². The van der Waals surface area contributed by atoms with Gasteiger partial charge in [-0.05, 0) is 51.2 Å². The minimum atomic E-state index is 0.172. The molecule has 1 aliphatic heterocycles. The number of fused-ring (bicyclic) bond motifs is 13. The maximum Gasteiger partial charge on any atom is 0.235 e. The molecule has 3 aliphatic rings. The molecule has 252 valence electrons. The van der Waals surface area contributed by atoms with Gasteiger partial charge < -0.3 is 10.6 Å². The lowest BCUT2D eigenvalue weighted by Gasteiger charge is -2.34. The molecule has 2 atom stereocenters. The molecule has 4 heterocycles. The van der Waals surface area contributed by atoms with E-state index in [2.05, 4.69) is 167 Å². The molecular formula is C48H29N5S. The summed E-state index contributed by atoms with van der Waals surface area (Å²) in [7, 11) is 0. The first-order valence-corrected chi connectivity index (χ1v) is 19.3. The molecule has 0 amide bonds. The minimum absolute atomic E-state index is 0.172. The fourth-order valence-corrected chi connectivity index (χ4v) is 10.5. The van der Waals surface area contributed by atoms with Crippen LogP contribution < -0.4 is 10.6 Å². The molecule has 10 aromatic rings. The standard InChI is InChI=1S/C48H29N5S/c1-2-12-28-24-29(21-20-26(28)10-1)43-47-46(31-14-5-8-19-39(31)54-47)52-48(51-43)53-37-23-22-27-11-3-4-13-30(27)41(37)42-32-15-9-16-33-40(32)34(25-38(42)53)45-44(33)49-35-17-6-7-18-36(35)50-45/h1-25,35-36,49-50H. The van der Waals surface area contributed by atoms with Crippen LogP contribution in [0.5, 0.6) is 0 Å². The first kappa shape index (κ1) is 28.8. The lowest BCUT2D eigenvalue weighted by molar-refractivity contribution is 0.557. The van der Waals surface area contributed by atoms with Crippen molar-refractivity contribution >= 4 is 97.2 Å². The van der Waals surface area contributed by atoms with Crippen molar-refractivity contribution < 1.29 is 0 Å². The summed E-state index contributed by atoms with van der Waals surface area (Å²) in [5.74, 6) is 0.676. The predicted molar refractivity (Wildman–Crippen MR) is 226 cm³/mol. The Hall–Kier alpha value is -6.76. The SMILES string of the molecule is C1=CC2NC3=C(NC2C=C1)c1cc2c(c4cccc3c14)c1c3ccccc3ccc1n2-c1nc(-c2ccc3ccccc3c2)c2sc3ccccc3c2n1. The zero-order chi connectivity index (χ0) is 35.1. The number of thiophene rings is 1. The van der Waals surface area contributed by atoms with Crippen LogP contribution in [0.3, 0.4) is 0 Å². The minimum Gasteiger partial charge on any atom is -0.374 e. The van der Waals surface area contributed by atoms with Gasteiger partial charge in [0.1, 0.15) is 0 Å². The Kier molecular flexibility index (Phi) is 5.56. The lowest BCUT2D eigenvalue weighted by atomic mass is 9.96. The van der Waals surface area contributed by atoms with Gasteiger partial charge in [-0.1, -0.05) is 127 Å². The summed E-state index contributed by atoms with van der Waals surface area (Å²) in [5, 5.41) is 18.8. The zero-order valence-corrected chi connectivity index (χ0v) is 29.7. The summed E-state index contributed by atoms with van der Waals surface area (Å²) in [5.41, 5.74) is 10.0. The molecule has 6 heteroatoms. The number of hydrogen-bond acceptors (Lipinski definition) is 5. The Morgan fingerprint density at radius 3 is 2.11 bits per heavy atom. The van der Waals surface area contributed by atoms with Crippen LogP contribution in [0.25, 0.3) is 103 Å². The van der Waals surface area contributed by atoms with E-state index in [4.69, 9.17) is 9.97 Å². The number of hydrogen-bond donors (Lipinski definition) is 2. The molecule has 0 saturated heterocycles. The van der Waals surface area contributed by atoms with E-state index in [9.17, 15) is 0 Å². The molecule has 0 fully saturated rings. The van der Waals surface area contributed by atoms with Crippen molar-refractivity contribution in [2.75, 3.05) is 0 Å². The van der Waals surface area contributed by atoms with Crippen LogP contribution in [0.4, 0.5) is 0 Å². The third-order valence-corrected chi connectivity index (χ3v) is 12.9. The number of rotatable bonds is 2. The van der Waals surface area contributed by atoms with Gasteiger partial charge in [-0.25, -0.2) is 9.97 Å². The van der Waals surface area contributed by atoms with Crippen LogP contribution in [-0.4, -0.2) is 26.6 Å². The number of nitrogens with zero attached hydrogens (tertiary/aromatic N) is 3. The molecule has 2 aliphatic carbocycles. The van der Waals surface area contributed by atoms with Crippen molar-refractivity contribution in [2.24, 2.45) is 0 Å². The third-order valence-electron chi connectivity index (χ3n) is 11.8. The van der Waals surface area contributed by atoms with Gasteiger partial charge in [0.05, 0.1) is 50.4 Å². The third kappa shape index (κ3) is 3.77. The van der Waals surface area contributed by atoms with Crippen molar-refractivity contribution in [2.45, 2.75) is 12.1 Å². The van der Waals surface area contributed by atoms with E-state index < -0.39 is 0 Å². The van der Waals surface area contributed by atoms with Gasteiger partial charge in [0, 0.05) is 42.9 Å². The van der Waals surface area contributed by atoms with Crippen molar-refractivity contribution in [1.82, 2.24) is 25.2 Å². The highest BCUT2D eigenvalue weighted by atomic mass is 32.1. The maximum absolute atomic E-state index is 5.59. The Morgan fingerprint density at radius 2 is 1.24 bits per heavy atom. The van der Waals surface area contributed by atoms with Crippen LogP contribution in [-0.2, 0) is 0 Å². The van der Waals surface area contributed by atoms with Crippen molar-refractivity contribution in [3.63, 3.8) is 0 Å². The first-order valence-electron chi connectivity index (χ1n) is 18.5. The van der Waals surface area contributed by atoms with E-state index in [-0.39, 0.29) is 12.1 Å². The monoisotopic (exact) mass is 707 g/mol. The molecular weight excluding hydrogens is 679 g/mol. The summed E-state index contributed by atoms with van der Waals surface area (Å²) in [6.45, 7) is 0. The van der Waals surface area contributed by atoms with Crippen LogP contribution in [0.1, 0.15) is 11.1 Å². The summed E-state index contributed by atoms with van der Waals surface area (Å²) >= 11 is 1.77. The summed E-state index contributed by atoms with van der Waals surface area (Å²) in [6.07, 6.45) is 8.79. The molecule has 7 aromatic carbocycles. The second-order valence-corrected chi connectivity index (χ2v) is 15.7. The average molecular weight is 708 g/mol. The van der Waals surface area contributed by atoms with Crippen molar-refractivity contribution in [1.29, 1.82) is 0 Å². The topological polar surface area (TPSA) is 54.8 Å². The largest absolute Gasteiger partial charge is 0.374 e. The van der Waals surface area contributed by atoms with Gasteiger partial charge in [0.15, 0.2) is 0 Å². The van der Waals surface area contributed by atoms with Crippen molar-refractivity contribution in [3.05, 3.63) is 163 Å². The molecule has 0 bridgehead atoms. The van der Waals surface area contributed by atoms with E-state index in [0.717, 1.165) is 43.6 Å². The fraction of sp³-hybridized carbons (Fsp3) is 0.0417. The molecule has 13 rings (SSSR count). The number of aromatic nitrogens is 3. The predicted octanol–water partition coefficient (Wildman–Crippen LogP) is 11.3. The smallest absolute Gasteiger partial charge is 0.235 e. The lowest BCUT2D eigenvalue weighted by Crippen LogP contribution is -2.49. The Bertz CT molecular complexity index is 3420. The number of nitrogens with one attached hydrogen (secondary N) is 2. The van der Waals surface area contributed by atoms with Crippen LogP contribution in [0.15, 0.2) is 152 Å². The summed E-state index contributed by atoms with van der Waals surface area (Å²) < 4.78 is 4.64. The van der Waals surface area contributed by atoms with E-state index in [1.165, 1.54) is 64.6 Å². The molecule has 5 nitrogen and oxygen atoms in total. The number of benzene rings is 7. The van der Waals surface area contributed by atoms with Gasteiger partial charge in [-0.2, -0.15) is 0 Å². The highest BCUT2D eigenvalue weighted by Gasteiger charge is 2.35. The summed E-state index contributed by atoms with van der Waals surface area (Å²) in [6, 6.07) is 46.7. The second-order valence-electron chi connectivity index (χ2n) is 14.6. The Morgan fingerprint density at radius 1 is 0.537 bits per heavy atom. The van der Waals surface area contributed by atoms with Crippen LogP contribution in [0, 0.1) is 0 Å².